The maximum Gasteiger partial charge on any atom is 0.313 e. The molecule has 0 aliphatic carbocycles. The fourth-order valence-electron chi connectivity index (χ4n) is 2.80. The average molecular weight is 337 g/mol. The zero-order chi connectivity index (χ0) is 16.7. The Morgan fingerprint density at radius 3 is 2.43 bits per heavy atom. The number of methoxy groups -OCH3 is 1. The molecule has 1 aromatic carbocycles. The van der Waals surface area contributed by atoms with Crippen LogP contribution in [0.4, 0.5) is 0 Å². The molecule has 0 aromatic heterocycles. The van der Waals surface area contributed by atoms with Gasteiger partial charge in [-0.1, -0.05) is 12.1 Å². The van der Waals surface area contributed by atoms with Gasteiger partial charge in [0.15, 0.2) is 0 Å². The summed E-state index contributed by atoms with van der Waals surface area (Å²) in [4.78, 5) is 24.3. The molecular weight excluding hydrogens is 314 g/mol. The first-order chi connectivity index (χ1) is 11.1. The Morgan fingerprint density at radius 1 is 1.22 bits per heavy atom. The van der Waals surface area contributed by atoms with Gasteiger partial charge in [-0.15, -0.1) is 11.8 Å². The van der Waals surface area contributed by atoms with Crippen molar-refractivity contribution in [2.24, 2.45) is 5.92 Å². The number of aliphatic carboxylic acids is 1. The lowest BCUT2D eigenvalue weighted by molar-refractivity contribution is -0.133. The summed E-state index contributed by atoms with van der Waals surface area (Å²) >= 11 is 1.17. The Labute approximate surface area is 141 Å². The number of amides is 1. The Morgan fingerprint density at radius 2 is 1.87 bits per heavy atom. The third kappa shape index (κ3) is 5.78. The molecule has 6 heteroatoms. The number of benzene rings is 1. The summed E-state index contributed by atoms with van der Waals surface area (Å²) < 4.78 is 5.16. The summed E-state index contributed by atoms with van der Waals surface area (Å²) in [7, 11) is 1.66. The number of piperidine rings is 1. The van der Waals surface area contributed by atoms with Gasteiger partial charge >= 0.3 is 5.97 Å². The minimum absolute atomic E-state index is 0.0142. The van der Waals surface area contributed by atoms with Crippen LogP contribution < -0.4 is 4.74 Å². The number of hydrogen-bond donors (Lipinski definition) is 1. The molecule has 5 nitrogen and oxygen atoms in total. The molecule has 2 rings (SSSR count). The van der Waals surface area contributed by atoms with Crippen LogP contribution in [0.5, 0.6) is 5.75 Å². The molecule has 1 aromatic rings. The van der Waals surface area contributed by atoms with Crippen molar-refractivity contribution >= 4 is 23.6 Å². The zero-order valence-corrected chi connectivity index (χ0v) is 14.2. The summed E-state index contributed by atoms with van der Waals surface area (Å²) in [5, 5.41) is 8.59. The largest absolute Gasteiger partial charge is 0.497 e. The van der Waals surface area contributed by atoms with Gasteiger partial charge in [0.2, 0.25) is 5.91 Å². The van der Waals surface area contributed by atoms with Crippen LogP contribution in [0.3, 0.4) is 0 Å². The maximum atomic E-state index is 12.0. The average Bonchev–Trinajstić information content (AvgIpc) is 2.56. The van der Waals surface area contributed by atoms with Gasteiger partial charge in [0.05, 0.1) is 18.6 Å². The molecule has 0 bridgehead atoms. The molecule has 1 N–H and O–H groups in total. The molecule has 1 fully saturated rings. The molecule has 1 aliphatic heterocycles. The summed E-state index contributed by atoms with van der Waals surface area (Å²) in [5.74, 6) is 0.891. The van der Waals surface area contributed by atoms with Crippen LogP contribution in [0.25, 0.3) is 0 Å². The normalized spacial score (nSPS) is 15.4. The Kier molecular flexibility index (Phi) is 6.77. The number of carbonyl (C=O) groups excluding carboxylic acids is 1. The number of rotatable bonds is 7. The molecule has 23 heavy (non-hydrogen) atoms. The van der Waals surface area contributed by atoms with E-state index in [-0.39, 0.29) is 17.4 Å². The fraction of sp³-hybridized carbons (Fsp3) is 0.529. The molecule has 0 spiro atoms. The van der Waals surface area contributed by atoms with Crippen molar-refractivity contribution in [3.05, 3.63) is 29.8 Å². The number of thioether (sulfide) groups is 1. The van der Waals surface area contributed by atoms with E-state index in [0.717, 1.165) is 38.1 Å². The summed E-state index contributed by atoms with van der Waals surface area (Å²) in [6, 6.07) is 8.15. The number of nitrogens with zero attached hydrogens (tertiary/aromatic N) is 1. The van der Waals surface area contributed by atoms with E-state index in [1.165, 1.54) is 17.3 Å². The van der Waals surface area contributed by atoms with Crippen LogP contribution in [0.2, 0.25) is 0 Å². The van der Waals surface area contributed by atoms with Gasteiger partial charge in [0.25, 0.3) is 0 Å². The van der Waals surface area contributed by atoms with E-state index < -0.39 is 5.97 Å². The van der Waals surface area contributed by atoms with E-state index in [9.17, 15) is 9.59 Å². The molecule has 0 saturated carbocycles. The smallest absolute Gasteiger partial charge is 0.313 e. The SMILES string of the molecule is COc1ccc(CC2CCN(C(=O)CSCC(=O)O)CC2)cc1. The quantitative estimate of drug-likeness (QED) is 0.827. The number of ether oxygens (including phenoxy) is 1. The topological polar surface area (TPSA) is 66.8 Å². The van der Waals surface area contributed by atoms with E-state index in [2.05, 4.69) is 12.1 Å². The van der Waals surface area contributed by atoms with E-state index in [4.69, 9.17) is 9.84 Å². The van der Waals surface area contributed by atoms with Crippen molar-refractivity contribution in [3.63, 3.8) is 0 Å². The highest BCUT2D eigenvalue weighted by molar-refractivity contribution is 8.00. The van der Waals surface area contributed by atoms with Crippen molar-refractivity contribution in [2.75, 3.05) is 31.7 Å². The van der Waals surface area contributed by atoms with E-state index >= 15 is 0 Å². The minimum Gasteiger partial charge on any atom is -0.497 e. The van der Waals surface area contributed by atoms with E-state index in [1.807, 2.05) is 17.0 Å². The van der Waals surface area contributed by atoms with Crippen molar-refractivity contribution in [1.82, 2.24) is 4.90 Å². The van der Waals surface area contributed by atoms with Crippen LogP contribution in [-0.2, 0) is 16.0 Å². The van der Waals surface area contributed by atoms with Gasteiger partial charge in [-0.3, -0.25) is 9.59 Å². The second-order valence-electron chi connectivity index (χ2n) is 5.76. The number of carboxylic acids is 1. The fourth-order valence-corrected chi connectivity index (χ4v) is 3.43. The van der Waals surface area contributed by atoms with Crippen molar-refractivity contribution < 1.29 is 19.4 Å². The van der Waals surface area contributed by atoms with Crippen molar-refractivity contribution in [2.45, 2.75) is 19.3 Å². The van der Waals surface area contributed by atoms with Crippen LogP contribution in [-0.4, -0.2) is 53.6 Å². The summed E-state index contributed by atoms with van der Waals surface area (Å²) in [5.41, 5.74) is 1.30. The van der Waals surface area contributed by atoms with E-state index in [1.54, 1.807) is 7.11 Å². The molecule has 126 valence electrons. The third-order valence-electron chi connectivity index (χ3n) is 4.10. The number of likely N-dealkylation sites (tertiary alicyclic amines) is 1. The van der Waals surface area contributed by atoms with Gasteiger partial charge in [0.1, 0.15) is 5.75 Å². The summed E-state index contributed by atoms with van der Waals surface area (Å²) in [6.07, 6.45) is 3.03. The predicted octanol–water partition coefficient (Wildman–Crippen LogP) is 2.29. The molecule has 0 radical (unpaired) electrons. The highest BCUT2D eigenvalue weighted by Gasteiger charge is 2.22. The van der Waals surface area contributed by atoms with Gasteiger partial charge in [0, 0.05) is 13.1 Å². The van der Waals surface area contributed by atoms with Crippen LogP contribution in [0.1, 0.15) is 18.4 Å². The molecule has 1 amide bonds. The van der Waals surface area contributed by atoms with Gasteiger partial charge in [-0.05, 0) is 42.9 Å². The molecular formula is C17H23NO4S. The first-order valence-electron chi connectivity index (χ1n) is 7.78. The van der Waals surface area contributed by atoms with Gasteiger partial charge in [-0.2, -0.15) is 0 Å². The zero-order valence-electron chi connectivity index (χ0n) is 13.4. The van der Waals surface area contributed by atoms with Crippen molar-refractivity contribution in [3.8, 4) is 5.75 Å². The number of carbonyl (C=O) groups is 2. The monoisotopic (exact) mass is 337 g/mol. The second-order valence-corrected chi connectivity index (χ2v) is 6.75. The Balaban J connectivity index is 1.72. The standard InChI is InChI=1S/C17H23NO4S/c1-22-15-4-2-13(3-5-15)10-14-6-8-18(9-7-14)16(19)11-23-12-17(20)21/h2-5,14H,6-12H2,1H3,(H,20,21). The lowest BCUT2D eigenvalue weighted by atomic mass is 9.90. The number of carboxylic acid groups (broad SMARTS) is 1. The molecule has 1 saturated heterocycles. The maximum absolute atomic E-state index is 12.0. The lowest BCUT2D eigenvalue weighted by Crippen LogP contribution is -2.40. The van der Waals surface area contributed by atoms with Gasteiger partial charge < -0.3 is 14.7 Å². The summed E-state index contributed by atoms with van der Waals surface area (Å²) in [6.45, 7) is 1.54. The first-order valence-corrected chi connectivity index (χ1v) is 8.94. The molecule has 1 aliphatic rings. The molecule has 1 heterocycles. The second kappa shape index (κ2) is 8.82. The van der Waals surface area contributed by atoms with Crippen LogP contribution in [0, 0.1) is 5.92 Å². The third-order valence-corrected chi connectivity index (χ3v) is 5.00. The minimum atomic E-state index is -0.874. The Hall–Kier alpha value is -1.69. The molecule has 0 unspecified atom stereocenters. The number of hydrogen-bond acceptors (Lipinski definition) is 4. The predicted molar refractivity (Wildman–Crippen MR) is 91.0 cm³/mol. The van der Waals surface area contributed by atoms with Crippen molar-refractivity contribution in [1.29, 1.82) is 0 Å². The highest BCUT2D eigenvalue weighted by atomic mass is 32.2. The van der Waals surface area contributed by atoms with Crippen LogP contribution in [0.15, 0.2) is 24.3 Å². The van der Waals surface area contributed by atoms with Crippen LogP contribution >= 0.6 is 11.8 Å². The lowest BCUT2D eigenvalue weighted by Gasteiger charge is -2.32. The van der Waals surface area contributed by atoms with Gasteiger partial charge in [-0.25, -0.2) is 0 Å². The van der Waals surface area contributed by atoms with E-state index in [0.29, 0.717) is 5.92 Å². The first kappa shape index (κ1) is 17.7. The highest BCUT2D eigenvalue weighted by Crippen LogP contribution is 2.23. The Bertz CT molecular complexity index is 524. The molecule has 0 atom stereocenters.